The highest BCUT2D eigenvalue weighted by molar-refractivity contribution is 5.97. The largest absolute Gasteiger partial charge is 0.507 e. The third-order valence-electron chi connectivity index (χ3n) is 2.35. The van der Waals surface area contributed by atoms with Gasteiger partial charge in [-0.2, -0.15) is 0 Å². The smallest absolute Gasteiger partial charge is 0.343 e. The van der Waals surface area contributed by atoms with Crippen LogP contribution in [0.1, 0.15) is 35.4 Å². The summed E-state index contributed by atoms with van der Waals surface area (Å²) in [5.74, 6) is -0.713. The normalized spacial score (nSPS) is 19.2. The summed E-state index contributed by atoms with van der Waals surface area (Å²) in [6.07, 6.45) is 0.139. The number of hydrogen-bond donors (Lipinski definition) is 2. The zero-order chi connectivity index (χ0) is 10.3. The van der Waals surface area contributed by atoms with E-state index in [9.17, 15) is 15.0 Å². The summed E-state index contributed by atoms with van der Waals surface area (Å²) in [6, 6.07) is 2.65. The van der Waals surface area contributed by atoms with Gasteiger partial charge >= 0.3 is 5.97 Å². The van der Waals surface area contributed by atoms with Crippen molar-refractivity contribution in [2.24, 2.45) is 0 Å². The Bertz CT molecular complexity index is 397. The Labute approximate surface area is 80.7 Å². The maximum absolute atomic E-state index is 11.3. The SMILES string of the molecule is CCC1OC(=O)c2c(O)ccc(O)c21. The molecular weight excluding hydrogens is 184 g/mol. The first-order valence-corrected chi connectivity index (χ1v) is 4.41. The number of ether oxygens (including phenoxy) is 1. The maximum Gasteiger partial charge on any atom is 0.343 e. The van der Waals surface area contributed by atoms with E-state index in [1.54, 1.807) is 0 Å². The highest BCUT2D eigenvalue weighted by Crippen LogP contribution is 2.42. The molecular formula is C10H10O4. The van der Waals surface area contributed by atoms with Crippen LogP contribution in [-0.2, 0) is 4.74 Å². The lowest BCUT2D eigenvalue weighted by Crippen LogP contribution is -1.96. The number of hydrogen-bond acceptors (Lipinski definition) is 4. The first-order valence-electron chi connectivity index (χ1n) is 4.41. The van der Waals surface area contributed by atoms with Crippen molar-refractivity contribution in [2.75, 3.05) is 0 Å². The molecule has 1 atom stereocenters. The average Bonchev–Trinajstić information content (AvgIpc) is 2.50. The highest BCUT2D eigenvalue weighted by atomic mass is 16.5. The van der Waals surface area contributed by atoms with Crippen LogP contribution in [0.25, 0.3) is 0 Å². The van der Waals surface area contributed by atoms with Crippen LogP contribution in [0.3, 0.4) is 0 Å². The molecule has 2 N–H and O–H groups in total. The summed E-state index contributed by atoms with van der Waals surface area (Å²) in [5.41, 5.74) is 0.495. The summed E-state index contributed by atoms with van der Waals surface area (Å²) in [5, 5.41) is 19.0. The Kier molecular flexibility index (Phi) is 1.84. The fourth-order valence-electron chi connectivity index (χ4n) is 1.67. The molecule has 1 aromatic carbocycles. The summed E-state index contributed by atoms with van der Waals surface area (Å²) >= 11 is 0. The van der Waals surface area contributed by atoms with Crippen molar-refractivity contribution in [3.8, 4) is 11.5 Å². The molecule has 0 aliphatic carbocycles. The van der Waals surface area contributed by atoms with Crippen molar-refractivity contribution < 1.29 is 19.7 Å². The Balaban J connectivity index is 2.66. The average molecular weight is 194 g/mol. The van der Waals surface area contributed by atoms with Crippen LogP contribution in [0.2, 0.25) is 0 Å². The van der Waals surface area contributed by atoms with Gasteiger partial charge < -0.3 is 14.9 Å². The minimum Gasteiger partial charge on any atom is -0.507 e. The third kappa shape index (κ3) is 1.04. The van der Waals surface area contributed by atoms with E-state index in [1.165, 1.54) is 12.1 Å². The second-order valence-electron chi connectivity index (χ2n) is 3.19. The second-order valence-corrected chi connectivity index (χ2v) is 3.19. The van der Waals surface area contributed by atoms with Crippen LogP contribution in [0.4, 0.5) is 0 Å². The molecule has 1 unspecified atom stereocenters. The minimum absolute atomic E-state index is 0.00417. The van der Waals surface area contributed by atoms with E-state index >= 15 is 0 Å². The summed E-state index contributed by atoms with van der Waals surface area (Å²) in [7, 11) is 0. The van der Waals surface area contributed by atoms with E-state index in [4.69, 9.17) is 4.74 Å². The van der Waals surface area contributed by atoms with Gasteiger partial charge in [0.25, 0.3) is 0 Å². The lowest BCUT2D eigenvalue weighted by molar-refractivity contribution is 0.0375. The van der Waals surface area contributed by atoms with E-state index < -0.39 is 12.1 Å². The molecule has 4 nitrogen and oxygen atoms in total. The highest BCUT2D eigenvalue weighted by Gasteiger charge is 2.35. The van der Waals surface area contributed by atoms with Gasteiger partial charge in [0.2, 0.25) is 0 Å². The molecule has 0 radical (unpaired) electrons. The van der Waals surface area contributed by atoms with Gasteiger partial charge in [0.05, 0.1) is 5.56 Å². The van der Waals surface area contributed by atoms with Crippen molar-refractivity contribution >= 4 is 5.97 Å². The van der Waals surface area contributed by atoms with E-state index in [0.29, 0.717) is 12.0 Å². The molecule has 1 heterocycles. The molecule has 0 amide bonds. The number of aromatic hydroxyl groups is 2. The first kappa shape index (κ1) is 8.87. The van der Waals surface area contributed by atoms with E-state index in [-0.39, 0.29) is 17.1 Å². The fourth-order valence-corrected chi connectivity index (χ4v) is 1.67. The topological polar surface area (TPSA) is 66.8 Å². The maximum atomic E-state index is 11.3. The van der Waals surface area contributed by atoms with Crippen molar-refractivity contribution in [2.45, 2.75) is 19.4 Å². The summed E-state index contributed by atoms with van der Waals surface area (Å²) < 4.78 is 4.98. The van der Waals surface area contributed by atoms with E-state index in [0.717, 1.165) is 0 Å². The molecule has 2 rings (SSSR count). The number of benzene rings is 1. The van der Waals surface area contributed by atoms with Crippen LogP contribution < -0.4 is 0 Å². The molecule has 1 aliphatic rings. The van der Waals surface area contributed by atoms with Gasteiger partial charge in [-0.05, 0) is 18.6 Å². The van der Waals surface area contributed by atoms with Crippen molar-refractivity contribution in [1.29, 1.82) is 0 Å². The van der Waals surface area contributed by atoms with Crippen molar-refractivity contribution in [3.05, 3.63) is 23.3 Å². The zero-order valence-corrected chi connectivity index (χ0v) is 7.65. The zero-order valence-electron chi connectivity index (χ0n) is 7.65. The number of phenolic OH excluding ortho intramolecular Hbond substituents is 2. The predicted octanol–water partition coefficient (Wildman–Crippen LogP) is 1.72. The summed E-state index contributed by atoms with van der Waals surface area (Å²) in [4.78, 5) is 11.3. The lowest BCUT2D eigenvalue weighted by atomic mass is 10.0. The number of cyclic esters (lactones) is 1. The first-order chi connectivity index (χ1) is 6.65. The molecule has 0 saturated heterocycles. The number of phenols is 2. The van der Waals surface area contributed by atoms with Gasteiger partial charge in [-0.25, -0.2) is 4.79 Å². The van der Waals surface area contributed by atoms with Crippen LogP contribution in [0.15, 0.2) is 12.1 Å². The number of fused-ring (bicyclic) bond motifs is 1. The molecule has 0 spiro atoms. The number of carbonyl (C=O) groups is 1. The molecule has 14 heavy (non-hydrogen) atoms. The Morgan fingerprint density at radius 3 is 2.64 bits per heavy atom. The minimum atomic E-state index is -0.569. The van der Waals surface area contributed by atoms with Gasteiger partial charge in [0, 0.05) is 0 Å². The Morgan fingerprint density at radius 2 is 2.00 bits per heavy atom. The van der Waals surface area contributed by atoms with Gasteiger partial charge in [-0.3, -0.25) is 0 Å². The molecule has 0 saturated carbocycles. The van der Waals surface area contributed by atoms with E-state index in [2.05, 4.69) is 0 Å². The van der Waals surface area contributed by atoms with Crippen LogP contribution >= 0.6 is 0 Å². The Hall–Kier alpha value is -1.71. The monoisotopic (exact) mass is 194 g/mol. The van der Waals surface area contributed by atoms with Gasteiger partial charge in [-0.1, -0.05) is 6.92 Å². The number of carbonyl (C=O) groups excluding carboxylic acids is 1. The quantitative estimate of drug-likeness (QED) is 0.527. The standard InChI is InChI=1S/C10H10O4/c1-2-7-8-5(11)3-4-6(12)9(8)10(13)14-7/h3-4,7,11-12H,2H2,1H3. The molecule has 0 aromatic heterocycles. The van der Waals surface area contributed by atoms with Gasteiger partial charge in [-0.15, -0.1) is 0 Å². The van der Waals surface area contributed by atoms with Crippen molar-refractivity contribution in [1.82, 2.24) is 0 Å². The van der Waals surface area contributed by atoms with E-state index in [1.807, 2.05) is 6.92 Å². The van der Waals surface area contributed by atoms with Gasteiger partial charge in [0.1, 0.15) is 23.2 Å². The third-order valence-corrected chi connectivity index (χ3v) is 2.35. The van der Waals surface area contributed by atoms with Gasteiger partial charge in [0.15, 0.2) is 0 Å². The molecule has 4 heteroatoms. The van der Waals surface area contributed by atoms with Crippen LogP contribution in [0, 0.1) is 0 Å². The predicted molar refractivity (Wildman–Crippen MR) is 48.2 cm³/mol. The summed E-state index contributed by atoms with van der Waals surface area (Å²) in [6.45, 7) is 1.84. The lowest BCUT2D eigenvalue weighted by Gasteiger charge is -2.08. The van der Waals surface area contributed by atoms with Crippen molar-refractivity contribution in [3.63, 3.8) is 0 Å². The van der Waals surface area contributed by atoms with Crippen LogP contribution in [-0.4, -0.2) is 16.2 Å². The molecule has 74 valence electrons. The fraction of sp³-hybridized carbons (Fsp3) is 0.300. The molecule has 0 bridgehead atoms. The molecule has 1 aromatic rings. The number of rotatable bonds is 1. The molecule has 1 aliphatic heterocycles. The molecule has 0 fully saturated rings. The second kappa shape index (κ2) is 2.90. The number of esters is 1. The van der Waals surface area contributed by atoms with Crippen LogP contribution in [0.5, 0.6) is 11.5 Å². The Morgan fingerprint density at radius 1 is 1.36 bits per heavy atom.